The van der Waals surface area contributed by atoms with Crippen molar-refractivity contribution in [1.29, 1.82) is 0 Å². The number of rotatable bonds is 4. The van der Waals surface area contributed by atoms with Gasteiger partial charge in [-0.1, -0.05) is 153 Å². The van der Waals surface area contributed by atoms with E-state index >= 15 is 0 Å². The Hall–Kier alpha value is -7.36. The van der Waals surface area contributed by atoms with Gasteiger partial charge in [-0.2, -0.15) is 0 Å². The van der Waals surface area contributed by atoms with Crippen LogP contribution in [0.2, 0.25) is 0 Å². The van der Waals surface area contributed by atoms with Crippen LogP contribution < -0.4 is 0 Å². The Morgan fingerprint density at radius 1 is 0.345 bits per heavy atom. The number of nitrogens with zero attached hydrogens (tertiary/aromatic N) is 2. The molecule has 0 saturated carbocycles. The topological polar surface area (TPSA) is 38.9 Å². The van der Waals surface area contributed by atoms with Gasteiger partial charge in [0.15, 0.2) is 5.82 Å². The summed E-state index contributed by atoms with van der Waals surface area (Å²) in [4.78, 5) is 10.3. The van der Waals surface area contributed by atoms with Gasteiger partial charge < -0.3 is 4.42 Å². The summed E-state index contributed by atoms with van der Waals surface area (Å²) in [7, 11) is 0. The first-order valence-electron chi connectivity index (χ1n) is 20.0. The Morgan fingerprint density at radius 3 is 1.62 bits per heavy atom. The molecule has 0 spiro atoms. The quantitative estimate of drug-likeness (QED) is 0.169. The molecule has 272 valence electrons. The van der Waals surface area contributed by atoms with Crippen LogP contribution in [0.3, 0.4) is 0 Å². The third kappa shape index (κ3) is 4.93. The summed E-state index contributed by atoms with van der Waals surface area (Å²) in [5, 5.41) is 9.84. The van der Waals surface area contributed by atoms with Gasteiger partial charge in [-0.05, 0) is 108 Å². The molecule has 3 nitrogen and oxygen atoms in total. The van der Waals surface area contributed by atoms with Crippen molar-refractivity contribution in [3.8, 4) is 56.2 Å². The average molecular weight is 741 g/mol. The summed E-state index contributed by atoms with van der Waals surface area (Å²) >= 11 is 0. The number of hydrogen-bond acceptors (Lipinski definition) is 3. The summed E-state index contributed by atoms with van der Waals surface area (Å²) in [6.07, 6.45) is 0. The van der Waals surface area contributed by atoms with E-state index in [0.717, 1.165) is 55.6 Å². The van der Waals surface area contributed by atoms with E-state index in [-0.39, 0.29) is 5.41 Å². The highest BCUT2D eigenvalue weighted by Gasteiger charge is 2.35. The fourth-order valence-corrected chi connectivity index (χ4v) is 9.53. The molecule has 0 atom stereocenters. The lowest BCUT2D eigenvalue weighted by atomic mass is 9.82. The maximum absolute atomic E-state index is 6.57. The molecule has 0 radical (unpaired) electrons. The Bertz CT molecular complexity index is 3450. The Balaban J connectivity index is 0.966. The first-order valence-corrected chi connectivity index (χ1v) is 20.0. The molecule has 0 bridgehead atoms. The lowest BCUT2D eigenvalue weighted by molar-refractivity contribution is 0.660. The SMILES string of the molecule is CC1(C)c2ccccc2-c2ccc(-c3cc(-c4ccc5c(c4)oc4ccc(-c6ccc7c8ccccc8c8ccccc8c7c6)cc45)nc(-c4ccccc4)n3)cc21. The van der Waals surface area contributed by atoms with Crippen LogP contribution in [0.5, 0.6) is 0 Å². The molecule has 0 N–H and O–H groups in total. The third-order valence-corrected chi connectivity index (χ3v) is 12.5. The number of hydrogen-bond donors (Lipinski definition) is 0. The third-order valence-electron chi connectivity index (χ3n) is 12.5. The average Bonchev–Trinajstić information content (AvgIpc) is 3.76. The largest absolute Gasteiger partial charge is 0.456 e. The standard InChI is InChI=1S/C55H36N2O/c1-55(2)48-19-11-10-18-43(48)44-25-21-36(30-49(44)55)50-32-51(57-54(56-50)33-12-4-3-5-13-33)37-22-26-45-47-29-35(23-27-52(47)58-53(45)31-37)34-20-24-42-40-16-7-6-14-38(40)39-15-8-9-17-41(39)46(42)28-34/h3-32H,1-2H3. The summed E-state index contributed by atoms with van der Waals surface area (Å²) in [6, 6.07) is 65.3. The van der Waals surface area contributed by atoms with E-state index in [4.69, 9.17) is 14.4 Å². The Labute approximate surface area is 335 Å². The van der Waals surface area contributed by atoms with Gasteiger partial charge in [0, 0.05) is 32.9 Å². The molecule has 11 aromatic rings. The van der Waals surface area contributed by atoms with Crippen LogP contribution in [0.1, 0.15) is 25.0 Å². The van der Waals surface area contributed by atoms with Crippen LogP contribution in [0.25, 0.3) is 110 Å². The molecule has 9 aromatic carbocycles. The van der Waals surface area contributed by atoms with E-state index in [1.165, 1.54) is 60.1 Å². The Morgan fingerprint density at radius 2 is 0.879 bits per heavy atom. The minimum absolute atomic E-state index is 0.107. The highest BCUT2D eigenvalue weighted by Crippen LogP contribution is 2.49. The van der Waals surface area contributed by atoms with Crippen molar-refractivity contribution >= 4 is 54.3 Å². The first-order chi connectivity index (χ1) is 28.5. The molecule has 12 rings (SSSR count). The first kappa shape index (κ1) is 32.8. The molecule has 1 aliphatic carbocycles. The molecule has 0 unspecified atom stereocenters. The van der Waals surface area contributed by atoms with Gasteiger partial charge in [-0.15, -0.1) is 0 Å². The highest BCUT2D eigenvalue weighted by molar-refractivity contribution is 6.25. The molecule has 1 aliphatic rings. The number of benzene rings is 9. The van der Waals surface area contributed by atoms with Crippen molar-refractivity contribution in [3.63, 3.8) is 0 Å². The van der Waals surface area contributed by atoms with E-state index in [1.54, 1.807) is 0 Å². The van der Waals surface area contributed by atoms with E-state index in [9.17, 15) is 0 Å². The van der Waals surface area contributed by atoms with Crippen LogP contribution in [0.4, 0.5) is 0 Å². The molecular formula is C55H36N2O. The lowest BCUT2D eigenvalue weighted by Crippen LogP contribution is -2.14. The van der Waals surface area contributed by atoms with Crippen molar-refractivity contribution in [3.05, 3.63) is 193 Å². The second kappa shape index (κ2) is 12.3. The summed E-state index contributed by atoms with van der Waals surface area (Å²) < 4.78 is 6.57. The molecule has 2 aromatic heterocycles. The lowest BCUT2D eigenvalue weighted by Gasteiger charge is -2.22. The van der Waals surface area contributed by atoms with Crippen molar-refractivity contribution in [1.82, 2.24) is 9.97 Å². The van der Waals surface area contributed by atoms with Gasteiger partial charge in [-0.25, -0.2) is 9.97 Å². The smallest absolute Gasteiger partial charge is 0.160 e. The van der Waals surface area contributed by atoms with E-state index < -0.39 is 0 Å². The van der Waals surface area contributed by atoms with Crippen LogP contribution in [0.15, 0.2) is 186 Å². The fourth-order valence-electron chi connectivity index (χ4n) is 9.53. The number of fused-ring (bicyclic) bond motifs is 12. The fraction of sp³-hybridized carbons (Fsp3) is 0.0545. The van der Waals surface area contributed by atoms with Crippen molar-refractivity contribution < 1.29 is 4.42 Å². The van der Waals surface area contributed by atoms with Crippen molar-refractivity contribution in [2.45, 2.75) is 19.3 Å². The minimum Gasteiger partial charge on any atom is -0.456 e. The van der Waals surface area contributed by atoms with E-state index in [2.05, 4.69) is 178 Å². The van der Waals surface area contributed by atoms with Gasteiger partial charge in [0.05, 0.1) is 11.4 Å². The van der Waals surface area contributed by atoms with Crippen LogP contribution in [-0.2, 0) is 5.41 Å². The second-order valence-corrected chi connectivity index (χ2v) is 16.1. The van der Waals surface area contributed by atoms with Gasteiger partial charge >= 0.3 is 0 Å². The van der Waals surface area contributed by atoms with Crippen molar-refractivity contribution in [2.75, 3.05) is 0 Å². The molecule has 2 heterocycles. The zero-order valence-corrected chi connectivity index (χ0v) is 32.1. The molecule has 0 saturated heterocycles. The predicted molar refractivity (Wildman–Crippen MR) is 241 cm³/mol. The van der Waals surface area contributed by atoms with Gasteiger partial charge in [-0.3, -0.25) is 0 Å². The summed E-state index contributed by atoms with van der Waals surface area (Å²) in [5.41, 5.74) is 14.0. The molecule has 3 heteroatoms. The number of furan rings is 1. The van der Waals surface area contributed by atoms with E-state index in [1.807, 2.05) is 18.2 Å². The molecule has 0 fully saturated rings. The highest BCUT2D eigenvalue weighted by atomic mass is 16.3. The van der Waals surface area contributed by atoms with Gasteiger partial charge in [0.1, 0.15) is 11.2 Å². The van der Waals surface area contributed by atoms with Crippen LogP contribution in [-0.4, -0.2) is 9.97 Å². The van der Waals surface area contributed by atoms with Crippen LogP contribution >= 0.6 is 0 Å². The predicted octanol–water partition coefficient (Wildman–Crippen LogP) is 14.8. The van der Waals surface area contributed by atoms with Crippen molar-refractivity contribution in [2.24, 2.45) is 0 Å². The summed E-state index contributed by atoms with van der Waals surface area (Å²) in [6.45, 7) is 4.64. The maximum Gasteiger partial charge on any atom is 0.160 e. The second-order valence-electron chi connectivity index (χ2n) is 16.1. The molecule has 0 amide bonds. The zero-order valence-electron chi connectivity index (χ0n) is 32.1. The van der Waals surface area contributed by atoms with E-state index in [0.29, 0.717) is 5.82 Å². The monoisotopic (exact) mass is 740 g/mol. The summed E-state index contributed by atoms with van der Waals surface area (Å²) in [5.74, 6) is 0.696. The molecule has 0 aliphatic heterocycles. The van der Waals surface area contributed by atoms with Crippen LogP contribution in [0, 0.1) is 0 Å². The minimum atomic E-state index is -0.107. The molecular weight excluding hydrogens is 705 g/mol. The zero-order chi connectivity index (χ0) is 38.5. The molecule has 58 heavy (non-hydrogen) atoms. The maximum atomic E-state index is 6.57. The Kier molecular flexibility index (Phi) is 6.98. The van der Waals surface area contributed by atoms with Gasteiger partial charge in [0.25, 0.3) is 0 Å². The van der Waals surface area contributed by atoms with Gasteiger partial charge in [0.2, 0.25) is 0 Å². The number of aromatic nitrogens is 2. The normalized spacial score (nSPS) is 13.1.